The lowest BCUT2D eigenvalue weighted by molar-refractivity contribution is 0.226. The standard InChI is InChI=1S/C14H22N2/c1-12-5-7-13(8-6-12)10-15-14-4-3-9-16(2)11-14/h5-8,14-15H,3-4,9-11H2,1-2H3. The number of piperidine rings is 1. The van der Waals surface area contributed by atoms with E-state index in [2.05, 4.69) is 48.5 Å². The Bertz CT molecular complexity index is 318. The summed E-state index contributed by atoms with van der Waals surface area (Å²) in [6, 6.07) is 9.47. The molecule has 1 N–H and O–H groups in total. The second-order valence-corrected chi connectivity index (χ2v) is 4.97. The van der Waals surface area contributed by atoms with Gasteiger partial charge < -0.3 is 10.2 Å². The summed E-state index contributed by atoms with van der Waals surface area (Å²) in [6.07, 6.45) is 2.64. The van der Waals surface area contributed by atoms with Crippen LogP contribution >= 0.6 is 0 Å². The summed E-state index contributed by atoms with van der Waals surface area (Å²) >= 11 is 0. The van der Waals surface area contributed by atoms with E-state index in [1.165, 1.54) is 37.1 Å². The maximum atomic E-state index is 3.65. The maximum Gasteiger partial charge on any atom is 0.0208 e. The lowest BCUT2D eigenvalue weighted by atomic mass is 10.1. The first-order valence-electron chi connectivity index (χ1n) is 6.21. The second-order valence-electron chi connectivity index (χ2n) is 4.97. The number of nitrogens with one attached hydrogen (secondary N) is 1. The maximum absolute atomic E-state index is 3.65. The van der Waals surface area contributed by atoms with Crippen molar-refractivity contribution in [3.63, 3.8) is 0 Å². The normalized spacial score (nSPS) is 22.2. The molecule has 1 aliphatic heterocycles. The van der Waals surface area contributed by atoms with Gasteiger partial charge in [-0.2, -0.15) is 0 Å². The third-order valence-corrected chi connectivity index (χ3v) is 3.34. The smallest absolute Gasteiger partial charge is 0.0208 e. The molecule has 16 heavy (non-hydrogen) atoms. The summed E-state index contributed by atoms with van der Waals surface area (Å²) in [5.74, 6) is 0. The molecule has 0 aliphatic carbocycles. The first-order chi connectivity index (χ1) is 7.74. The Labute approximate surface area is 98.7 Å². The summed E-state index contributed by atoms with van der Waals surface area (Å²) < 4.78 is 0. The van der Waals surface area contributed by atoms with Crippen LogP contribution in [-0.2, 0) is 6.54 Å². The number of rotatable bonds is 3. The lowest BCUT2D eigenvalue weighted by Crippen LogP contribution is -2.43. The van der Waals surface area contributed by atoms with Crippen molar-refractivity contribution in [2.45, 2.75) is 32.4 Å². The molecule has 0 aromatic heterocycles. The van der Waals surface area contributed by atoms with E-state index < -0.39 is 0 Å². The van der Waals surface area contributed by atoms with Gasteiger partial charge in [-0.25, -0.2) is 0 Å². The molecule has 1 fully saturated rings. The highest BCUT2D eigenvalue weighted by molar-refractivity contribution is 5.21. The van der Waals surface area contributed by atoms with Crippen LogP contribution < -0.4 is 5.32 Å². The van der Waals surface area contributed by atoms with E-state index in [-0.39, 0.29) is 0 Å². The second kappa shape index (κ2) is 5.46. The molecule has 2 nitrogen and oxygen atoms in total. The number of benzene rings is 1. The van der Waals surface area contributed by atoms with Gasteiger partial charge in [-0.3, -0.25) is 0 Å². The molecule has 1 heterocycles. The SMILES string of the molecule is Cc1ccc(CNC2CCCN(C)C2)cc1. The topological polar surface area (TPSA) is 15.3 Å². The zero-order valence-corrected chi connectivity index (χ0v) is 10.4. The van der Waals surface area contributed by atoms with Crippen molar-refractivity contribution in [1.29, 1.82) is 0 Å². The molecule has 1 atom stereocenters. The van der Waals surface area contributed by atoms with Crippen LogP contribution in [0.5, 0.6) is 0 Å². The van der Waals surface area contributed by atoms with E-state index in [0.29, 0.717) is 6.04 Å². The Morgan fingerprint density at radius 3 is 2.75 bits per heavy atom. The first-order valence-corrected chi connectivity index (χ1v) is 6.21. The molecule has 2 heteroatoms. The van der Waals surface area contributed by atoms with Crippen molar-refractivity contribution in [3.05, 3.63) is 35.4 Å². The Morgan fingerprint density at radius 2 is 2.06 bits per heavy atom. The molecule has 1 aromatic carbocycles. The van der Waals surface area contributed by atoms with Crippen molar-refractivity contribution < 1.29 is 0 Å². The average Bonchev–Trinajstić information content (AvgIpc) is 2.28. The predicted octanol–water partition coefficient (Wildman–Crippen LogP) is 2.18. The molecular weight excluding hydrogens is 196 g/mol. The molecule has 2 rings (SSSR count). The highest BCUT2D eigenvalue weighted by Gasteiger charge is 2.15. The molecule has 88 valence electrons. The molecule has 1 aliphatic rings. The van der Waals surface area contributed by atoms with E-state index in [9.17, 15) is 0 Å². The predicted molar refractivity (Wildman–Crippen MR) is 68.5 cm³/mol. The number of likely N-dealkylation sites (tertiary alicyclic amines) is 1. The van der Waals surface area contributed by atoms with Gasteiger partial charge in [-0.15, -0.1) is 0 Å². The molecule has 0 spiro atoms. The van der Waals surface area contributed by atoms with E-state index in [4.69, 9.17) is 0 Å². The van der Waals surface area contributed by atoms with Crippen molar-refractivity contribution in [3.8, 4) is 0 Å². The molecule has 1 unspecified atom stereocenters. The van der Waals surface area contributed by atoms with Crippen molar-refractivity contribution >= 4 is 0 Å². The average molecular weight is 218 g/mol. The first kappa shape index (κ1) is 11.6. The van der Waals surface area contributed by atoms with Gasteiger partial charge in [0.1, 0.15) is 0 Å². The van der Waals surface area contributed by atoms with Crippen LogP contribution in [0.1, 0.15) is 24.0 Å². The van der Waals surface area contributed by atoms with Gasteiger partial charge in [-0.1, -0.05) is 29.8 Å². The summed E-state index contributed by atoms with van der Waals surface area (Å²) in [4.78, 5) is 2.41. The van der Waals surface area contributed by atoms with Gasteiger partial charge in [0.2, 0.25) is 0 Å². The van der Waals surface area contributed by atoms with Crippen LogP contribution in [0, 0.1) is 6.92 Å². The van der Waals surface area contributed by atoms with Crippen LogP contribution in [0.15, 0.2) is 24.3 Å². The zero-order chi connectivity index (χ0) is 11.4. The summed E-state index contributed by atoms with van der Waals surface area (Å²) in [5, 5.41) is 3.65. The van der Waals surface area contributed by atoms with Gasteiger partial charge in [0.05, 0.1) is 0 Å². The van der Waals surface area contributed by atoms with Gasteiger partial charge >= 0.3 is 0 Å². The molecule has 0 saturated carbocycles. The minimum atomic E-state index is 0.667. The van der Waals surface area contributed by atoms with Gasteiger partial charge in [0, 0.05) is 19.1 Å². The molecule has 0 amide bonds. The Kier molecular flexibility index (Phi) is 3.97. The Morgan fingerprint density at radius 1 is 1.31 bits per heavy atom. The lowest BCUT2D eigenvalue weighted by Gasteiger charge is -2.30. The quantitative estimate of drug-likeness (QED) is 0.836. The summed E-state index contributed by atoms with van der Waals surface area (Å²) in [5.41, 5.74) is 2.72. The largest absolute Gasteiger partial charge is 0.309 e. The van der Waals surface area contributed by atoms with E-state index in [1.54, 1.807) is 0 Å². The molecular formula is C14H22N2. The third-order valence-electron chi connectivity index (χ3n) is 3.34. The fourth-order valence-electron chi connectivity index (χ4n) is 2.30. The molecule has 1 saturated heterocycles. The fraction of sp³-hybridized carbons (Fsp3) is 0.571. The molecule has 0 bridgehead atoms. The highest BCUT2D eigenvalue weighted by Crippen LogP contribution is 2.09. The molecule has 0 radical (unpaired) electrons. The van der Waals surface area contributed by atoms with Crippen LogP contribution in [0.25, 0.3) is 0 Å². The zero-order valence-electron chi connectivity index (χ0n) is 10.4. The minimum absolute atomic E-state index is 0.667. The van der Waals surface area contributed by atoms with E-state index >= 15 is 0 Å². The van der Waals surface area contributed by atoms with Crippen molar-refractivity contribution in [2.75, 3.05) is 20.1 Å². The van der Waals surface area contributed by atoms with Gasteiger partial charge in [0.25, 0.3) is 0 Å². The monoisotopic (exact) mass is 218 g/mol. The minimum Gasteiger partial charge on any atom is -0.309 e. The van der Waals surface area contributed by atoms with Gasteiger partial charge in [0.15, 0.2) is 0 Å². The van der Waals surface area contributed by atoms with Gasteiger partial charge in [-0.05, 0) is 38.9 Å². The highest BCUT2D eigenvalue weighted by atomic mass is 15.1. The third kappa shape index (κ3) is 3.32. The van der Waals surface area contributed by atoms with Crippen molar-refractivity contribution in [2.24, 2.45) is 0 Å². The number of nitrogens with zero attached hydrogens (tertiary/aromatic N) is 1. The summed E-state index contributed by atoms with van der Waals surface area (Å²) in [7, 11) is 2.21. The fourth-order valence-corrected chi connectivity index (χ4v) is 2.30. The number of likely N-dealkylation sites (N-methyl/N-ethyl adjacent to an activating group) is 1. The van der Waals surface area contributed by atoms with Crippen LogP contribution in [0.2, 0.25) is 0 Å². The summed E-state index contributed by atoms with van der Waals surface area (Å²) in [6.45, 7) is 5.57. The molecule has 1 aromatic rings. The number of hydrogen-bond acceptors (Lipinski definition) is 2. The van der Waals surface area contributed by atoms with Crippen LogP contribution in [0.3, 0.4) is 0 Å². The Balaban J connectivity index is 1.80. The van der Waals surface area contributed by atoms with Crippen molar-refractivity contribution in [1.82, 2.24) is 10.2 Å². The Hall–Kier alpha value is -0.860. The van der Waals surface area contributed by atoms with E-state index in [0.717, 1.165) is 6.54 Å². The van der Waals surface area contributed by atoms with E-state index in [1.807, 2.05) is 0 Å². The number of hydrogen-bond donors (Lipinski definition) is 1. The number of aryl methyl sites for hydroxylation is 1. The van der Waals surface area contributed by atoms with Crippen LogP contribution in [-0.4, -0.2) is 31.1 Å². The van der Waals surface area contributed by atoms with Crippen LogP contribution in [0.4, 0.5) is 0 Å².